The molecule has 1 aliphatic heterocycles. The Balaban J connectivity index is 1.86. The van der Waals surface area contributed by atoms with E-state index >= 15 is 0 Å². The normalized spacial score (nSPS) is 20.5. The molecular weight excluding hydrogens is 272 g/mol. The van der Waals surface area contributed by atoms with Gasteiger partial charge in [-0.3, -0.25) is 0 Å². The van der Waals surface area contributed by atoms with Gasteiger partial charge in [0.2, 0.25) is 0 Å². The molecule has 3 nitrogen and oxygen atoms in total. The van der Waals surface area contributed by atoms with E-state index in [1.807, 2.05) is 42.5 Å². The average molecular weight is 296 g/mol. The zero-order valence-corrected chi connectivity index (χ0v) is 13.1. The number of nitrogens with two attached hydrogens (primary N) is 1. The van der Waals surface area contributed by atoms with Crippen LogP contribution in [0.15, 0.2) is 54.6 Å². The first-order chi connectivity index (χ1) is 10.7. The molecule has 0 bridgehead atoms. The Hall–Kier alpha value is -1.84. The van der Waals surface area contributed by atoms with Crippen molar-refractivity contribution in [2.75, 3.05) is 6.54 Å². The van der Waals surface area contributed by atoms with Gasteiger partial charge < -0.3 is 15.8 Å². The second-order valence-corrected chi connectivity index (χ2v) is 5.99. The maximum absolute atomic E-state index is 6.77. The van der Waals surface area contributed by atoms with Gasteiger partial charge in [-0.25, -0.2) is 0 Å². The lowest BCUT2D eigenvalue weighted by molar-refractivity contribution is 0.314. The lowest BCUT2D eigenvalue weighted by atomic mass is 9.80. The van der Waals surface area contributed by atoms with Crippen LogP contribution in [0.4, 0.5) is 0 Å². The van der Waals surface area contributed by atoms with Crippen LogP contribution in [0.1, 0.15) is 31.7 Å². The lowest BCUT2D eigenvalue weighted by Crippen LogP contribution is -2.51. The fraction of sp³-hybridized carbons (Fsp3) is 0.368. The molecule has 3 N–H and O–H groups in total. The van der Waals surface area contributed by atoms with Gasteiger partial charge in [-0.05, 0) is 55.6 Å². The fourth-order valence-corrected chi connectivity index (χ4v) is 3.25. The van der Waals surface area contributed by atoms with E-state index < -0.39 is 0 Å². The maximum atomic E-state index is 6.77. The number of benzene rings is 2. The molecule has 0 amide bonds. The van der Waals surface area contributed by atoms with E-state index in [9.17, 15) is 0 Å². The van der Waals surface area contributed by atoms with Crippen molar-refractivity contribution >= 4 is 0 Å². The summed E-state index contributed by atoms with van der Waals surface area (Å²) in [5, 5.41) is 3.55. The van der Waals surface area contributed by atoms with Gasteiger partial charge in [0.25, 0.3) is 0 Å². The zero-order valence-electron chi connectivity index (χ0n) is 13.1. The molecule has 1 fully saturated rings. The number of hydrogen-bond donors (Lipinski definition) is 2. The summed E-state index contributed by atoms with van der Waals surface area (Å²) in [4.78, 5) is 0. The molecule has 1 saturated heterocycles. The third kappa shape index (κ3) is 3.01. The molecule has 3 rings (SSSR count). The van der Waals surface area contributed by atoms with Gasteiger partial charge >= 0.3 is 0 Å². The highest BCUT2D eigenvalue weighted by Gasteiger charge is 2.36. The van der Waals surface area contributed by atoms with E-state index in [4.69, 9.17) is 10.5 Å². The standard InChI is InChI=1S/C19H24N2O/c1-2-19(20,18-12-7-13-21-18)15-8-6-11-17(14-15)22-16-9-4-3-5-10-16/h3-6,8-11,14,18,21H,2,7,12-13,20H2,1H3/t18-,19?/m1/s1. The lowest BCUT2D eigenvalue weighted by Gasteiger charge is -2.35. The minimum atomic E-state index is -0.341. The van der Waals surface area contributed by atoms with Crippen molar-refractivity contribution < 1.29 is 4.74 Å². The first-order valence-electron chi connectivity index (χ1n) is 8.08. The highest BCUT2D eigenvalue weighted by Crippen LogP contribution is 2.33. The maximum Gasteiger partial charge on any atom is 0.127 e. The van der Waals surface area contributed by atoms with Gasteiger partial charge in [0.1, 0.15) is 11.5 Å². The Kier molecular flexibility index (Phi) is 4.46. The van der Waals surface area contributed by atoms with Crippen molar-refractivity contribution in [3.63, 3.8) is 0 Å². The summed E-state index contributed by atoms with van der Waals surface area (Å²) in [6, 6.07) is 18.4. The molecule has 0 radical (unpaired) electrons. The van der Waals surface area contributed by atoms with Crippen LogP contribution in [0.25, 0.3) is 0 Å². The van der Waals surface area contributed by atoms with E-state index in [0.717, 1.165) is 36.4 Å². The highest BCUT2D eigenvalue weighted by molar-refractivity contribution is 5.37. The molecule has 0 aliphatic carbocycles. The van der Waals surface area contributed by atoms with Crippen molar-refractivity contribution in [1.82, 2.24) is 5.32 Å². The van der Waals surface area contributed by atoms with Crippen LogP contribution in [-0.4, -0.2) is 12.6 Å². The molecule has 1 unspecified atom stereocenters. The van der Waals surface area contributed by atoms with Crippen molar-refractivity contribution in [2.24, 2.45) is 5.73 Å². The zero-order chi connectivity index (χ0) is 15.4. The topological polar surface area (TPSA) is 47.3 Å². The highest BCUT2D eigenvalue weighted by atomic mass is 16.5. The van der Waals surface area contributed by atoms with Gasteiger partial charge in [0, 0.05) is 6.04 Å². The summed E-state index contributed by atoms with van der Waals surface area (Å²) in [5.41, 5.74) is 7.57. The number of nitrogens with one attached hydrogen (secondary N) is 1. The first-order valence-corrected chi connectivity index (χ1v) is 8.08. The summed E-state index contributed by atoms with van der Waals surface area (Å²) in [6.45, 7) is 3.22. The van der Waals surface area contributed by atoms with Crippen LogP contribution in [0.5, 0.6) is 11.5 Å². The predicted molar refractivity (Wildman–Crippen MR) is 90.1 cm³/mol. The molecule has 1 aliphatic rings. The smallest absolute Gasteiger partial charge is 0.127 e. The van der Waals surface area contributed by atoms with Crippen LogP contribution in [0.2, 0.25) is 0 Å². The second-order valence-electron chi connectivity index (χ2n) is 5.99. The van der Waals surface area contributed by atoms with Crippen LogP contribution < -0.4 is 15.8 Å². The van der Waals surface area contributed by atoms with Crippen LogP contribution >= 0.6 is 0 Å². The molecule has 0 spiro atoms. The Bertz CT molecular complexity index is 608. The third-order valence-electron chi connectivity index (χ3n) is 4.62. The average Bonchev–Trinajstić information content (AvgIpc) is 3.10. The van der Waals surface area contributed by atoms with E-state index in [1.54, 1.807) is 0 Å². The largest absolute Gasteiger partial charge is 0.457 e. The molecule has 2 aromatic rings. The molecule has 2 aromatic carbocycles. The monoisotopic (exact) mass is 296 g/mol. The molecule has 3 heteroatoms. The quantitative estimate of drug-likeness (QED) is 0.882. The van der Waals surface area contributed by atoms with Gasteiger partial charge in [-0.2, -0.15) is 0 Å². The summed E-state index contributed by atoms with van der Waals surface area (Å²) < 4.78 is 5.95. The molecule has 22 heavy (non-hydrogen) atoms. The summed E-state index contributed by atoms with van der Waals surface area (Å²) in [6.07, 6.45) is 3.23. The number of ether oxygens (including phenoxy) is 1. The number of para-hydroxylation sites is 1. The fourth-order valence-electron chi connectivity index (χ4n) is 3.25. The minimum absolute atomic E-state index is 0.337. The molecule has 2 atom stereocenters. The van der Waals surface area contributed by atoms with E-state index in [2.05, 4.69) is 24.4 Å². The Labute approximate surface area is 132 Å². The van der Waals surface area contributed by atoms with Gasteiger partial charge in [0.05, 0.1) is 5.54 Å². The third-order valence-corrected chi connectivity index (χ3v) is 4.62. The summed E-state index contributed by atoms with van der Waals surface area (Å²) >= 11 is 0. The molecule has 0 aromatic heterocycles. The summed E-state index contributed by atoms with van der Waals surface area (Å²) in [7, 11) is 0. The van der Waals surface area contributed by atoms with Crippen molar-refractivity contribution in [3.05, 3.63) is 60.2 Å². The van der Waals surface area contributed by atoms with Crippen molar-refractivity contribution in [2.45, 2.75) is 37.8 Å². The number of hydrogen-bond acceptors (Lipinski definition) is 3. The van der Waals surface area contributed by atoms with Gasteiger partial charge in [-0.15, -0.1) is 0 Å². The van der Waals surface area contributed by atoms with Crippen LogP contribution in [-0.2, 0) is 5.54 Å². The molecule has 1 heterocycles. The van der Waals surface area contributed by atoms with E-state index in [0.29, 0.717) is 6.04 Å². The van der Waals surface area contributed by atoms with Crippen LogP contribution in [0.3, 0.4) is 0 Å². The SMILES string of the molecule is CCC(N)(c1cccc(Oc2ccccc2)c1)[C@H]1CCCN1. The van der Waals surface area contributed by atoms with Crippen LogP contribution in [0, 0.1) is 0 Å². The Morgan fingerprint density at radius 3 is 2.59 bits per heavy atom. The second kappa shape index (κ2) is 6.51. The minimum Gasteiger partial charge on any atom is -0.457 e. The van der Waals surface area contributed by atoms with E-state index in [1.165, 1.54) is 6.42 Å². The Morgan fingerprint density at radius 2 is 1.91 bits per heavy atom. The summed E-state index contributed by atoms with van der Waals surface area (Å²) in [5.74, 6) is 1.68. The number of rotatable bonds is 5. The van der Waals surface area contributed by atoms with Crippen molar-refractivity contribution in [1.29, 1.82) is 0 Å². The molecule has 116 valence electrons. The molecule has 0 saturated carbocycles. The van der Waals surface area contributed by atoms with Gasteiger partial charge in [0.15, 0.2) is 0 Å². The predicted octanol–water partition coefficient (Wildman–Crippen LogP) is 3.79. The van der Waals surface area contributed by atoms with Gasteiger partial charge in [-0.1, -0.05) is 37.3 Å². The first kappa shape index (κ1) is 15.1. The van der Waals surface area contributed by atoms with Crippen molar-refractivity contribution in [3.8, 4) is 11.5 Å². The Morgan fingerprint density at radius 1 is 1.14 bits per heavy atom. The van der Waals surface area contributed by atoms with E-state index in [-0.39, 0.29) is 5.54 Å². The molecular formula is C19H24N2O.